The molecule has 0 atom stereocenters. The third kappa shape index (κ3) is 2.60. The molecule has 1 aliphatic heterocycles. The Morgan fingerprint density at radius 2 is 1.83 bits per heavy atom. The normalized spacial score (nSPS) is 16.2. The van der Waals surface area contributed by atoms with E-state index in [4.69, 9.17) is 0 Å². The zero-order valence-electron chi connectivity index (χ0n) is 13.8. The number of aryl methyl sites for hydroxylation is 1. The number of nitrogens with zero attached hydrogens (tertiary/aromatic N) is 2. The minimum Gasteiger partial charge on any atom is -0.349 e. The van der Waals surface area contributed by atoms with Crippen LogP contribution >= 0.6 is 0 Å². The summed E-state index contributed by atoms with van der Waals surface area (Å²) < 4.78 is 15.2. The van der Waals surface area contributed by atoms with Gasteiger partial charge in [0.05, 0.1) is 5.69 Å². The molecule has 6 heteroatoms. The van der Waals surface area contributed by atoms with Crippen molar-refractivity contribution in [2.75, 3.05) is 4.90 Å². The molecule has 3 amide bonds. The number of halogens is 1. The van der Waals surface area contributed by atoms with Gasteiger partial charge in [-0.05, 0) is 62.7 Å². The van der Waals surface area contributed by atoms with E-state index in [1.165, 1.54) is 24.3 Å². The Bertz CT molecular complexity index is 850. The lowest BCUT2D eigenvalue weighted by molar-refractivity contribution is -0.113. The van der Waals surface area contributed by atoms with Crippen LogP contribution in [0.15, 0.2) is 36.0 Å². The number of rotatable bonds is 3. The molecule has 1 saturated heterocycles. The van der Waals surface area contributed by atoms with Gasteiger partial charge in [0, 0.05) is 17.9 Å². The molecular weight excluding hydrogens is 309 g/mol. The van der Waals surface area contributed by atoms with Crippen LogP contribution in [0.2, 0.25) is 0 Å². The predicted octanol–water partition coefficient (Wildman–Crippen LogP) is 3.36. The van der Waals surface area contributed by atoms with Gasteiger partial charge in [0.25, 0.3) is 5.91 Å². The van der Waals surface area contributed by atoms with Crippen LogP contribution in [0.25, 0.3) is 6.08 Å². The second-order valence-electron chi connectivity index (χ2n) is 5.68. The van der Waals surface area contributed by atoms with E-state index in [0.29, 0.717) is 5.69 Å². The zero-order chi connectivity index (χ0) is 17.4. The van der Waals surface area contributed by atoms with Crippen molar-refractivity contribution in [2.24, 2.45) is 0 Å². The standard InChI is InChI=1S/C18H18FN3O2/c1-4-21-11(2)9-13(12(21)3)10-16-17(23)22(18(24)20-16)15-7-5-14(19)6-8-15/h5-10H,4H2,1-3H3,(H,20,24)/b16-10+. The van der Waals surface area contributed by atoms with Gasteiger partial charge >= 0.3 is 6.03 Å². The number of urea groups is 1. The highest BCUT2D eigenvalue weighted by Crippen LogP contribution is 2.24. The minimum absolute atomic E-state index is 0.209. The predicted molar refractivity (Wildman–Crippen MR) is 90.0 cm³/mol. The molecule has 0 spiro atoms. The van der Waals surface area contributed by atoms with Crippen LogP contribution in [0.3, 0.4) is 0 Å². The Morgan fingerprint density at radius 1 is 1.17 bits per heavy atom. The summed E-state index contributed by atoms with van der Waals surface area (Å²) in [6.07, 6.45) is 1.68. The third-order valence-corrected chi connectivity index (χ3v) is 4.19. The van der Waals surface area contributed by atoms with Gasteiger partial charge in [-0.3, -0.25) is 4.79 Å². The van der Waals surface area contributed by atoms with E-state index in [0.717, 1.165) is 28.4 Å². The molecule has 1 N–H and O–H groups in total. The molecule has 1 aromatic heterocycles. The molecule has 1 aliphatic rings. The minimum atomic E-state index is -0.540. The average molecular weight is 327 g/mol. The highest BCUT2D eigenvalue weighted by Gasteiger charge is 2.35. The van der Waals surface area contributed by atoms with E-state index in [2.05, 4.69) is 16.8 Å². The second-order valence-corrected chi connectivity index (χ2v) is 5.68. The molecular formula is C18H18FN3O2. The van der Waals surface area contributed by atoms with E-state index in [1.54, 1.807) is 6.08 Å². The maximum Gasteiger partial charge on any atom is 0.333 e. The summed E-state index contributed by atoms with van der Waals surface area (Å²) in [5.74, 6) is -0.874. The molecule has 1 aromatic carbocycles. The van der Waals surface area contributed by atoms with Crippen molar-refractivity contribution >= 4 is 23.7 Å². The van der Waals surface area contributed by atoms with Gasteiger partial charge < -0.3 is 9.88 Å². The Balaban J connectivity index is 1.95. The summed E-state index contributed by atoms with van der Waals surface area (Å²) >= 11 is 0. The molecule has 0 saturated carbocycles. The third-order valence-electron chi connectivity index (χ3n) is 4.19. The molecule has 1 fully saturated rings. The number of carbonyl (C=O) groups is 2. The molecule has 0 unspecified atom stereocenters. The van der Waals surface area contributed by atoms with Crippen LogP contribution in [0.4, 0.5) is 14.9 Å². The molecule has 5 nitrogen and oxygen atoms in total. The van der Waals surface area contributed by atoms with Gasteiger partial charge in [-0.15, -0.1) is 0 Å². The first kappa shape index (κ1) is 16.0. The van der Waals surface area contributed by atoms with E-state index < -0.39 is 17.8 Å². The SMILES string of the molecule is CCn1c(C)cc(/C=C2/NC(=O)N(c3ccc(F)cc3)C2=O)c1C. The van der Waals surface area contributed by atoms with Crippen LogP contribution in [0, 0.1) is 19.7 Å². The van der Waals surface area contributed by atoms with Crippen LogP contribution in [-0.2, 0) is 11.3 Å². The summed E-state index contributed by atoms with van der Waals surface area (Å²) in [5.41, 5.74) is 3.56. The Morgan fingerprint density at radius 3 is 2.42 bits per heavy atom. The first-order valence-corrected chi connectivity index (χ1v) is 7.71. The lowest BCUT2D eigenvalue weighted by Crippen LogP contribution is -2.30. The molecule has 3 rings (SSSR count). The van der Waals surface area contributed by atoms with Crippen LogP contribution in [0.1, 0.15) is 23.9 Å². The highest BCUT2D eigenvalue weighted by molar-refractivity contribution is 6.28. The van der Waals surface area contributed by atoms with Crippen LogP contribution < -0.4 is 10.2 Å². The Kier molecular flexibility index (Phi) is 3.97. The number of nitrogens with one attached hydrogen (secondary N) is 1. The number of carbonyl (C=O) groups excluding carboxylic acids is 2. The van der Waals surface area contributed by atoms with Gasteiger partial charge in [0.1, 0.15) is 11.5 Å². The van der Waals surface area contributed by atoms with Gasteiger partial charge in [-0.25, -0.2) is 14.1 Å². The van der Waals surface area contributed by atoms with Gasteiger partial charge in [0.15, 0.2) is 0 Å². The lowest BCUT2D eigenvalue weighted by Gasteiger charge is -2.11. The number of aromatic nitrogens is 1. The van der Waals surface area contributed by atoms with E-state index >= 15 is 0 Å². The number of hydrogen-bond donors (Lipinski definition) is 1. The number of hydrogen-bond acceptors (Lipinski definition) is 2. The smallest absolute Gasteiger partial charge is 0.333 e. The van der Waals surface area contributed by atoms with E-state index in [1.807, 2.05) is 19.9 Å². The van der Waals surface area contributed by atoms with E-state index in [-0.39, 0.29) is 5.70 Å². The maximum absolute atomic E-state index is 13.0. The molecule has 0 aliphatic carbocycles. The van der Waals surface area contributed by atoms with Crippen molar-refractivity contribution in [3.05, 3.63) is 58.8 Å². The fourth-order valence-electron chi connectivity index (χ4n) is 2.98. The summed E-state index contributed by atoms with van der Waals surface area (Å²) in [7, 11) is 0. The quantitative estimate of drug-likeness (QED) is 0.694. The van der Waals surface area contributed by atoms with Gasteiger partial charge in [-0.2, -0.15) is 0 Å². The first-order valence-electron chi connectivity index (χ1n) is 7.71. The van der Waals surface area contributed by atoms with Gasteiger partial charge in [0.2, 0.25) is 0 Å². The zero-order valence-corrected chi connectivity index (χ0v) is 13.8. The fraction of sp³-hybridized carbons (Fsp3) is 0.222. The first-order chi connectivity index (χ1) is 11.4. The molecule has 24 heavy (non-hydrogen) atoms. The van der Waals surface area contributed by atoms with Crippen molar-refractivity contribution in [3.8, 4) is 0 Å². The van der Waals surface area contributed by atoms with Crippen molar-refractivity contribution in [2.45, 2.75) is 27.3 Å². The average Bonchev–Trinajstić information content (AvgIpc) is 2.97. The molecule has 0 radical (unpaired) electrons. The Hall–Kier alpha value is -2.89. The Labute approximate surface area is 139 Å². The summed E-state index contributed by atoms with van der Waals surface area (Å²) in [5, 5.41) is 2.58. The summed E-state index contributed by atoms with van der Waals surface area (Å²) in [6.45, 7) is 6.86. The topological polar surface area (TPSA) is 54.3 Å². The maximum atomic E-state index is 13.0. The van der Waals surface area contributed by atoms with Crippen molar-refractivity contribution < 1.29 is 14.0 Å². The summed E-state index contributed by atoms with van der Waals surface area (Å²) in [6, 6.07) is 6.67. The number of amides is 3. The number of anilines is 1. The number of imide groups is 1. The molecule has 2 aromatic rings. The van der Waals surface area contributed by atoms with E-state index in [9.17, 15) is 14.0 Å². The monoisotopic (exact) mass is 327 g/mol. The lowest BCUT2D eigenvalue weighted by atomic mass is 10.2. The number of benzene rings is 1. The molecule has 124 valence electrons. The summed E-state index contributed by atoms with van der Waals surface area (Å²) in [4.78, 5) is 25.7. The fourth-order valence-corrected chi connectivity index (χ4v) is 2.98. The van der Waals surface area contributed by atoms with Crippen molar-refractivity contribution in [1.82, 2.24) is 9.88 Å². The van der Waals surface area contributed by atoms with Crippen molar-refractivity contribution in [1.29, 1.82) is 0 Å². The molecule has 2 heterocycles. The van der Waals surface area contributed by atoms with Crippen LogP contribution in [-0.4, -0.2) is 16.5 Å². The van der Waals surface area contributed by atoms with Gasteiger partial charge in [-0.1, -0.05) is 0 Å². The largest absolute Gasteiger partial charge is 0.349 e. The second kappa shape index (κ2) is 5.96. The molecule has 0 bridgehead atoms. The van der Waals surface area contributed by atoms with Crippen molar-refractivity contribution in [3.63, 3.8) is 0 Å². The van der Waals surface area contributed by atoms with Crippen LogP contribution in [0.5, 0.6) is 0 Å². The highest BCUT2D eigenvalue weighted by atomic mass is 19.1.